The van der Waals surface area contributed by atoms with Gasteiger partial charge in [-0.3, -0.25) is 5.32 Å². The third kappa shape index (κ3) is 2.73. The van der Waals surface area contributed by atoms with Gasteiger partial charge in [0, 0.05) is 5.02 Å². The summed E-state index contributed by atoms with van der Waals surface area (Å²) >= 11 is 5.73. The van der Waals surface area contributed by atoms with Gasteiger partial charge in [-0.15, -0.1) is 0 Å². The lowest BCUT2D eigenvalue weighted by Crippen LogP contribution is -2.18. The van der Waals surface area contributed by atoms with Crippen LogP contribution < -0.4 is 5.32 Å². The molecule has 1 aromatic rings. The SMILES string of the molecule is CCN[C@H](C#N)c1ccc(Cl)cc1. The van der Waals surface area contributed by atoms with Gasteiger partial charge < -0.3 is 0 Å². The van der Waals surface area contributed by atoms with Crippen LogP contribution in [0.3, 0.4) is 0 Å². The van der Waals surface area contributed by atoms with Crippen LogP contribution in [0, 0.1) is 11.3 Å². The number of rotatable bonds is 3. The van der Waals surface area contributed by atoms with Crippen LogP contribution in [-0.2, 0) is 0 Å². The van der Waals surface area contributed by atoms with Crippen LogP contribution in [-0.4, -0.2) is 6.54 Å². The van der Waals surface area contributed by atoms with E-state index >= 15 is 0 Å². The molecule has 0 aliphatic carbocycles. The molecule has 3 heteroatoms. The predicted molar refractivity (Wildman–Crippen MR) is 53.5 cm³/mol. The largest absolute Gasteiger partial charge is 0.298 e. The summed E-state index contributed by atoms with van der Waals surface area (Å²) in [5.41, 5.74) is 0.953. The van der Waals surface area contributed by atoms with Crippen molar-refractivity contribution in [1.82, 2.24) is 5.32 Å². The molecule has 1 N–H and O–H groups in total. The van der Waals surface area contributed by atoms with E-state index in [0.29, 0.717) is 5.02 Å². The number of hydrogen-bond donors (Lipinski definition) is 1. The molecular weight excluding hydrogens is 184 g/mol. The Hall–Kier alpha value is -1.04. The van der Waals surface area contributed by atoms with Crippen LogP contribution >= 0.6 is 11.6 Å². The maximum Gasteiger partial charge on any atom is 0.121 e. The summed E-state index contributed by atoms with van der Waals surface area (Å²) in [7, 11) is 0. The summed E-state index contributed by atoms with van der Waals surface area (Å²) in [5, 5.41) is 12.6. The zero-order valence-electron chi connectivity index (χ0n) is 7.42. The Kier molecular flexibility index (Phi) is 3.75. The summed E-state index contributed by atoms with van der Waals surface area (Å²) in [4.78, 5) is 0. The van der Waals surface area contributed by atoms with Gasteiger partial charge in [-0.05, 0) is 24.2 Å². The average Bonchev–Trinajstić information content (AvgIpc) is 2.16. The Balaban J connectivity index is 2.81. The van der Waals surface area contributed by atoms with Crippen LogP contribution in [0.15, 0.2) is 24.3 Å². The Morgan fingerprint density at radius 3 is 2.54 bits per heavy atom. The Morgan fingerprint density at radius 2 is 2.08 bits per heavy atom. The van der Waals surface area contributed by atoms with E-state index in [-0.39, 0.29) is 6.04 Å². The lowest BCUT2D eigenvalue weighted by Gasteiger charge is -2.09. The van der Waals surface area contributed by atoms with E-state index in [1.54, 1.807) is 12.1 Å². The third-order valence-electron chi connectivity index (χ3n) is 1.74. The normalized spacial score (nSPS) is 12.1. The highest BCUT2D eigenvalue weighted by molar-refractivity contribution is 6.30. The number of nitriles is 1. The number of hydrogen-bond acceptors (Lipinski definition) is 2. The lowest BCUT2D eigenvalue weighted by molar-refractivity contribution is 0.658. The molecule has 1 aromatic carbocycles. The summed E-state index contributed by atoms with van der Waals surface area (Å²) in [5.74, 6) is 0. The number of nitrogens with zero attached hydrogens (tertiary/aromatic N) is 1. The van der Waals surface area contributed by atoms with Gasteiger partial charge in [0.25, 0.3) is 0 Å². The Labute approximate surface area is 83.1 Å². The maximum absolute atomic E-state index is 8.83. The Morgan fingerprint density at radius 1 is 1.46 bits per heavy atom. The number of halogens is 1. The molecule has 0 heterocycles. The summed E-state index contributed by atoms with van der Waals surface area (Å²) < 4.78 is 0. The molecule has 0 aliphatic rings. The number of nitrogens with one attached hydrogen (secondary N) is 1. The van der Waals surface area contributed by atoms with E-state index in [1.807, 2.05) is 19.1 Å². The standard InChI is InChI=1S/C10H11ClN2/c1-2-13-10(7-12)8-3-5-9(11)6-4-8/h3-6,10,13H,2H2,1H3/t10-/m1/s1. The first kappa shape index (κ1) is 10.0. The topological polar surface area (TPSA) is 35.8 Å². The second-order valence-electron chi connectivity index (χ2n) is 2.67. The van der Waals surface area contributed by atoms with Gasteiger partial charge in [0.15, 0.2) is 0 Å². The second kappa shape index (κ2) is 4.86. The smallest absolute Gasteiger partial charge is 0.121 e. The monoisotopic (exact) mass is 194 g/mol. The van der Waals surface area contributed by atoms with E-state index in [0.717, 1.165) is 12.1 Å². The molecule has 0 saturated carbocycles. The lowest BCUT2D eigenvalue weighted by atomic mass is 10.1. The van der Waals surface area contributed by atoms with E-state index in [2.05, 4.69) is 11.4 Å². The fourth-order valence-electron chi connectivity index (χ4n) is 1.10. The van der Waals surface area contributed by atoms with Gasteiger partial charge in [-0.2, -0.15) is 5.26 Å². The van der Waals surface area contributed by atoms with Crippen molar-refractivity contribution in [2.75, 3.05) is 6.54 Å². The van der Waals surface area contributed by atoms with Gasteiger partial charge in [-0.1, -0.05) is 30.7 Å². The van der Waals surface area contributed by atoms with Crippen molar-refractivity contribution < 1.29 is 0 Å². The first-order valence-corrected chi connectivity index (χ1v) is 4.54. The fraction of sp³-hybridized carbons (Fsp3) is 0.300. The molecular formula is C10H11ClN2. The first-order chi connectivity index (χ1) is 6.27. The quantitative estimate of drug-likeness (QED) is 0.803. The van der Waals surface area contributed by atoms with Gasteiger partial charge in [-0.25, -0.2) is 0 Å². The molecule has 2 nitrogen and oxygen atoms in total. The van der Waals surface area contributed by atoms with Crippen molar-refractivity contribution in [2.45, 2.75) is 13.0 Å². The predicted octanol–water partition coefficient (Wildman–Crippen LogP) is 2.51. The van der Waals surface area contributed by atoms with Crippen molar-refractivity contribution in [2.24, 2.45) is 0 Å². The highest BCUT2D eigenvalue weighted by Crippen LogP contribution is 2.15. The molecule has 1 atom stereocenters. The van der Waals surface area contributed by atoms with Crippen LogP contribution in [0.2, 0.25) is 5.02 Å². The van der Waals surface area contributed by atoms with Crippen LogP contribution in [0.25, 0.3) is 0 Å². The summed E-state index contributed by atoms with van der Waals surface area (Å²) in [6, 6.07) is 9.25. The third-order valence-corrected chi connectivity index (χ3v) is 1.99. The van der Waals surface area contributed by atoms with Crippen molar-refractivity contribution in [1.29, 1.82) is 5.26 Å². The zero-order valence-corrected chi connectivity index (χ0v) is 8.17. The summed E-state index contributed by atoms with van der Waals surface area (Å²) in [6.07, 6.45) is 0. The molecule has 0 saturated heterocycles. The highest BCUT2D eigenvalue weighted by Gasteiger charge is 2.07. The molecule has 0 fully saturated rings. The van der Waals surface area contributed by atoms with E-state index in [1.165, 1.54) is 0 Å². The van der Waals surface area contributed by atoms with Gasteiger partial charge in [0.05, 0.1) is 6.07 Å². The van der Waals surface area contributed by atoms with Crippen molar-refractivity contribution in [3.05, 3.63) is 34.9 Å². The molecule has 1 rings (SSSR count). The zero-order chi connectivity index (χ0) is 9.68. The molecule has 0 aromatic heterocycles. The van der Waals surface area contributed by atoms with Gasteiger partial charge >= 0.3 is 0 Å². The van der Waals surface area contributed by atoms with Gasteiger partial charge in [0.1, 0.15) is 6.04 Å². The molecule has 0 spiro atoms. The van der Waals surface area contributed by atoms with Crippen LogP contribution in [0.4, 0.5) is 0 Å². The van der Waals surface area contributed by atoms with E-state index < -0.39 is 0 Å². The first-order valence-electron chi connectivity index (χ1n) is 4.16. The highest BCUT2D eigenvalue weighted by atomic mass is 35.5. The molecule has 0 unspecified atom stereocenters. The molecule has 13 heavy (non-hydrogen) atoms. The minimum Gasteiger partial charge on any atom is -0.298 e. The Bertz CT molecular complexity index is 300. The minimum absolute atomic E-state index is 0.234. The average molecular weight is 195 g/mol. The van der Waals surface area contributed by atoms with E-state index in [4.69, 9.17) is 16.9 Å². The summed E-state index contributed by atoms with van der Waals surface area (Å²) in [6.45, 7) is 2.75. The van der Waals surface area contributed by atoms with Crippen molar-refractivity contribution in [3.63, 3.8) is 0 Å². The minimum atomic E-state index is -0.234. The van der Waals surface area contributed by atoms with Crippen LogP contribution in [0.5, 0.6) is 0 Å². The van der Waals surface area contributed by atoms with E-state index in [9.17, 15) is 0 Å². The van der Waals surface area contributed by atoms with Gasteiger partial charge in [0.2, 0.25) is 0 Å². The molecule has 0 radical (unpaired) electrons. The molecule has 68 valence electrons. The second-order valence-corrected chi connectivity index (χ2v) is 3.11. The van der Waals surface area contributed by atoms with Crippen LogP contribution in [0.1, 0.15) is 18.5 Å². The fourth-order valence-corrected chi connectivity index (χ4v) is 1.22. The maximum atomic E-state index is 8.83. The van der Waals surface area contributed by atoms with Crippen molar-refractivity contribution >= 4 is 11.6 Å². The number of benzene rings is 1. The molecule has 0 bridgehead atoms. The molecule has 0 amide bonds. The van der Waals surface area contributed by atoms with Crippen molar-refractivity contribution in [3.8, 4) is 6.07 Å². The molecule has 0 aliphatic heterocycles.